The molecule has 0 fully saturated rings. The molecule has 0 amide bonds. The first-order valence-corrected chi connectivity index (χ1v) is 6.83. The lowest BCUT2D eigenvalue weighted by Gasteiger charge is -2.06. The molecule has 0 unspecified atom stereocenters. The predicted octanol–water partition coefficient (Wildman–Crippen LogP) is 3.64. The van der Waals surface area contributed by atoms with Gasteiger partial charge in [-0.05, 0) is 48.4 Å². The van der Waals surface area contributed by atoms with Crippen LogP contribution in [0.2, 0.25) is 0 Å². The molecule has 0 aliphatic rings. The number of hydrogen-bond donors (Lipinski definition) is 2. The number of fused-ring (bicyclic) bond motifs is 1. The molecular weight excluding hydrogens is 251 g/mol. The Labute approximate surface area is 117 Å². The van der Waals surface area contributed by atoms with Crippen LogP contribution in [0.1, 0.15) is 11.1 Å². The summed E-state index contributed by atoms with van der Waals surface area (Å²) in [4.78, 5) is 3.22. The number of rotatable bonds is 5. The lowest BCUT2D eigenvalue weighted by atomic mass is 10.1. The number of H-pyrrole nitrogens is 1. The van der Waals surface area contributed by atoms with Gasteiger partial charge in [-0.15, -0.1) is 0 Å². The van der Waals surface area contributed by atoms with Crippen LogP contribution in [-0.4, -0.2) is 11.5 Å². The predicted molar refractivity (Wildman–Crippen MR) is 80.1 cm³/mol. The summed E-state index contributed by atoms with van der Waals surface area (Å²) in [5, 5.41) is 4.70. The molecule has 102 valence electrons. The second kappa shape index (κ2) is 5.88. The van der Waals surface area contributed by atoms with Crippen molar-refractivity contribution in [2.24, 2.45) is 0 Å². The molecule has 3 rings (SSSR count). The SMILES string of the molecule is Fc1ccc(CCNCc2cccc3[nH]ccc23)cc1. The van der Waals surface area contributed by atoms with Crippen LogP contribution >= 0.6 is 0 Å². The smallest absolute Gasteiger partial charge is 0.123 e. The van der Waals surface area contributed by atoms with Crippen LogP contribution in [-0.2, 0) is 13.0 Å². The Morgan fingerprint density at radius 2 is 1.85 bits per heavy atom. The third-order valence-corrected chi connectivity index (χ3v) is 3.50. The van der Waals surface area contributed by atoms with E-state index in [0.717, 1.165) is 25.1 Å². The standard InChI is InChI=1S/C17H17FN2/c18-15-6-4-13(5-7-15)8-10-19-12-14-2-1-3-17-16(14)9-11-20-17/h1-7,9,11,19-20H,8,10,12H2. The second-order valence-electron chi connectivity index (χ2n) is 4.91. The largest absolute Gasteiger partial charge is 0.361 e. The van der Waals surface area contributed by atoms with Crippen molar-refractivity contribution in [3.05, 3.63) is 71.7 Å². The minimum atomic E-state index is -0.180. The minimum Gasteiger partial charge on any atom is -0.361 e. The molecule has 1 aromatic heterocycles. The lowest BCUT2D eigenvalue weighted by molar-refractivity contribution is 0.626. The average molecular weight is 268 g/mol. The van der Waals surface area contributed by atoms with Crippen LogP contribution in [0.15, 0.2) is 54.7 Å². The zero-order valence-corrected chi connectivity index (χ0v) is 11.2. The van der Waals surface area contributed by atoms with Crippen molar-refractivity contribution in [3.8, 4) is 0 Å². The minimum absolute atomic E-state index is 0.180. The van der Waals surface area contributed by atoms with Gasteiger partial charge in [-0.2, -0.15) is 0 Å². The van der Waals surface area contributed by atoms with Gasteiger partial charge in [0.15, 0.2) is 0 Å². The molecule has 0 atom stereocenters. The van der Waals surface area contributed by atoms with E-state index in [1.807, 2.05) is 18.3 Å². The van der Waals surface area contributed by atoms with Crippen molar-refractivity contribution in [2.45, 2.75) is 13.0 Å². The molecule has 0 aliphatic carbocycles. The highest BCUT2D eigenvalue weighted by molar-refractivity contribution is 5.82. The second-order valence-corrected chi connectivity index (χ2v) is 4.91. The fourth-order valence-corrected chi connectivity index (χ4v) is 2.41. The fraction of sp³-hybridized carbons (Fsp3) is 0.176. The summed E-state index contributed by atoms with van der Waals surface area (Å²) in [5.74, 6) is -0.180. The van der Waals surface area contributed by atoms with Crippen molar-refractivity contribution in [1.29, 1.82) is 0 Å². The Morgan fingerprint density at radius 1 is 1.00 bits per heavy atom. The first-order valence-electron chi connectivity index (χ1n) is 6.83. The zero-order valence-electron chi connectivity index (χ0n) is 11.2. The maximum absolute atomic E-state index is 12.8. The van der Waals surface area contributed by atoms with Crippen LogP contribution in [0, 0.1) is 5.82 Å². The molecule has 0 saturated carbocycles. The summed E-state index contributed by atoms with van der Waals surface area (Å²) in [6.07, 6.45) is 2.87. The molecule has 20 heavy (non-hydrogen) atoms. The van der Waals surface area contributed by atoms with E-state index in [-0.39, 0.29) is 5.82 Å². The van der Waals surface area contributed by atoms with Crippen LogP contribution in [0.3, 0.4) is 0 Å². The summed E-state index contributed by atoms with van der Waals surface area (Å²) in [5.41, 5.74) is 3.62. The van der Waals surface area contributed by atoms with E-state index in [9.17, 15) is 4.39 Å². The van der Waals surface area contributed by atoms with Crippen molar-refractivity contribution in [1.82, 2.24) is 10.3 Å². The van der Waals surface area contributed by atoms with Gasteiger partial charge in [0.2, 0.25) is 0 Å². The van der Waals surface area contributed by atoms with Gasteiger partial charge in [-0.3, -0.25) is 0 Å². The monoisotopic (exact) mass is 268 g/mol. The fourth-order valence-electron chi connectivity index (χ4n) is 2.41. The summed E-state index contributed by atoms with van der Waals surface area (Å²) >= 11 is 0. The lowest BCUT2D eigenvalue weighted by Crippen LogP contribution is -2.16. The molecule has 2 N–H and O–H groups in total. The van der Waals surface area contributed by atoms with Crippen LogP contribution in [0.5, 0.6) is 0 Å². The van der Waals surface area contributed by atoms with Gasteiger partial charge in [0.05, 0.1) is 0 Å². The van der Waals surface area contributed by atoms with Gasteiger partial charge in [0.25, 0.3) is 0 Å². The van der Waals surface area contributed by atoms with E-state index in [1.165, 1.54) is 28.6 Å². The highest BCUT2D eigenvalue weighted by Gasteiger charge is 2.01. The van der Waals surface area contributed by atoms with Gasteiger partial charge >= 0.3 is 0 Å². The Kier molecular flexibility index (Phi) is 3.79. The molecule has 2 aromatic carbocycles. The maximum Gasteiger partial charge on any atom is 0.123 e. The number of hydrogen-bond acceptors (Lipinski definition) is 1. The highest BCUT2D eigenvalue weighted by Crippen LogP contribution is 2.16. The van der Waals surface area contributed by atoms with Crippen LogP contribution < -0.4 is 5.32 Å². The van der Waals surface area contributed by atoms with Gasteiger partial charge in [0, 0.05) is 23.6 Å². The molecular formula is C17H17FN2. The quantitative estimate of drug-likeness (QED) is 0.679. The topological polar surface area (TPSA) is 27.8 Å². The number of nitrogens with one attached hydrogen (secondary N) is 2. The van der Waals surface area contributed by atoms with Gasteiger partial charge in [-0.1, -0.05) is 24.3 Å². The van der Waals surface area contributed by atoms with E-state index in [4.69, 9.17) is 0 Å². The molecule has 0 saturated heterocycles. The number of aromatic amines is 1. The Hall–Kier alpha value is -2.13. The third-order valence-electron chi connectivity index (χ3n) is 3.50. The molecule has 1 heterocycles. The normalized spacial score (nSPS) is 11.1. The zero-order chi connectivity index (χ0) is 13.8. The molecule has 3 heteroatoms. The van der Waals surface area contributed by atoms with Gasteiger partial charge < -0.3 is 10.3 Å². The van der Waals surface area contributed by atoms with E-state index in [1.54, 1.807) is 0 Å². The summed E-state index contributed by atoms with van der Waals surface area (Å²) in [6, 6.07) is 15.1. The number of aromatic nitrogens is 1. The van der Waals surface area contributed by atoms with Crippen molar-refractivity contribution >= 4 is 10.9 Å². The maximum atomic E-state index is 12.8. The summed E-state index contributed by atoms with van der Waals surface area (Å²) in [7, 11) is 0. The van der Waals surface area contributed by atoms with Crippen molar-refractivity contribution in [3.63, 3.8) is 0 Å². The molecule has 3 aromatic rings. The van der Waals surface area contributed by atoms with E-state index >= 15 is 0 Å². The third kappa shape index (κ3) is 2.89. The Bertz CT molecular complexity index is 686. The average Bonchev–Trinajstić information content (AvgIpc) is 2.94. The van der Waals surface area contributed by atoms with Gasteiger partial charge in [0.1, 0.15) is 5.82 Å². The first-order chi connectivity index (χ1) is 9.83. The van der Waals surface area contributed by atoms with E-state index < -0.39 is 0 Å². The van der Waals surface area contributed by atoms with Crippen molar-refractivity contribution < 1.29 is 4.39 Å². The Balaban J connectivity index is 1.55. The van der Waals surface area contributed by atoms with Crippen LogP contribution in [0.4, 0.5) is 4.39 Å². The highest BCUT2D eigenvalue weighted by atomic mass is 19.1. The molecule has 0 spiro atoms. The summed E-state index contributed by atoms with van der Waals surface area (Å²) < 4.78 is 12.8. The molecule has 2 nitrogen and oxygen atoms in total. The van der Waals surface area contributed by atoms with Crippen LogP contribution in [0.25, 0.3) is 10.9 Å². The molecule has 0 radical (unpaired) electrons. The number of halogens is 1. The Morgan fingerprint density at radius 3 is 2.70 bits per heavy atom. The van der Waals surface area contributed by atoms with E-state index in [0.29, 0.717) is 0 Å². The number of benzene rings is 2. The molecule has 0 bridgehead atoms. The summed E-state index contributed by atoms with van der Waals surface area (Å²) in [6.45, 7) is 1.73. The van der Waals surface area contributed by atoms with E-state index in [2.05, 4.69) is 34.6 Å². The first kappa shape index (κ1) is 12.9. The van der Waals surface area contributed by atoms with Crippen molar-refractivity contribution in [2.75, 3.05) is 6.54 Å². The van der Waals surface area contributed by atoms with Gasteiger partial charge in [-0.25, -0.2) is 4.39 Å². The molecule has 0 aliphatic heterocycles.